The maximum atomic E-state index is 6.04. The molecule has 0 aromatic rings. The molecule has 0 amide bonds. The Balaban J connectivity index is 0. The van der Waals surface area contributed by atoms with Gasteiger partial charge in [0.05, 0.1) is 0 Å². The molecule has 6 nitrogen and oxygen atoms in total. The van der Waals surface area contributed by atoms with E-state index in [1.54, 1.807) is 0 Å². The molecule has 0 saturated heterocycles. The molecule has 0 aromatic heterocycles. The fourth-order valence-electron chi connectivity index (χ4n) is 2.40. The van der Waals surface area contributed by atoms with Crippen molar-refractivity contribution in [3.8, 4) is 0 Å². The normalized spacial score (nSPS) is 12.6. The first-order valence-corrected chi connectivity index (χ1v) is 15.8. The van der Waals surface area contributed by atoms with Gasteiger partial charge < -0.3 is 26.6 Å². The minimum Gasteiger partial charge on any atom is -0.374 e. The van der Waals surface area contributed by atoms with Gasteiger partial charge in [0.25, 0.3) is 0 Å². The number of rotatable bonds is 17. The third-order valence-corrected chi connectivity index (χ3v) is 9.61. The van der Waals surface area contributed by atoms with Crippen LogP contribution in [0.5, 0.6) is 0 Å². The Bertz CT molecular complexity index is 332. The molecule has 30 heavy (non-hydrogen) atoms. The van der Waals surface area contributed by atoms with E-state index in [-0.39, 0.29) is 0 Å². The van der Waals surface area contributed by atoms with Crippen LogP contribution in [0.3, 0.4) is 0 Å². The van der Waals surface area contributed by atoms with E-state index in [0.29, 0.717) is 37.6 Å². The summed E-state index contributed by atoms with van der Waals surface area (Å²) in [7, 11) is -4.73. The molecule has 0 N–H and O–H groups in total. The largest absolute Gasteiger partial charge is 0.500 e. The SMILES string of the molecule is CCO[Si](CC)(OCC)OCC.CC[Si](OCC(C)C)(OCC(C)C)OCC(C)C. The lowest BCUT2D eigenvalue weighted by Gasteiger charge is -2.31. The van der Waals surface area contributed by atoms with Crippen LogP contribution in [-0.4, -0.2) is 57.3 Å². The van der Waals surface area contributed by atoms with Crippen molar-refractivity contribution >= 4 is 17.6 Å². The van der Waals surface area contributed by atoms with Crippen molar-refractivity contribution in [1.82, 2.24) is 0 Å². The highest BCUT2D eigenvalue weighted by Gasteiger charge is 2.40. The lowest BCUT2D eigenvalue weighted by atomic mass is 10.2. The summed E-state index contributed by atoms with van der Waals surface area (Å²) < 4.78 is 34.8. The highest BCUT2D eigenvalue weighted by molar-refractivity contribution is 6.61. The molecule has 0 bridgehead atoms. The lowest BCUT2D eigenvalue weighted by Crippen LogP contribution is -2.47. The van der Waals surface area contributed by atoms with Crippen LogP contribution in [0.4, 0.5) is 0 Å². The third-order valence-electron chi connectivity index (χ3n) is 3.87. The molecule has 0 radical (unpaired) electrons. The van der Waals surface area contributed by atoms with Gasteiger partial charge in [0, 0.05) is 51.7 Å². The first-order valence-electron chi connectivity index (χ1n) is 11.9. The highest BCUT2D eigenvalue weighted by Crippen LogP contribution is 2.19. The molecular weight excluding hydrogens is 416 g/mol. The number of hydrogen-bond acceptors (Lipinski definition) is 6. The molecule has 0 aromatic carbocycles. The van der Waals surface area contributed by atoms with Crippen LogP contribution in [0.1, 0.15) is 76.2 Å². The average Bonchev–Trinajstić information content (AvgIpc) is 2.68. The molecular formula is C22H52O6Si2. The third kappa shape index (κ3) is 15.9. The first-order chi connectivity index (χ1) is 14.1. The highest BCUT2D eigenvalue weighted by atomic mass is 28.4. The molecule has 0 aliphatic rings. The maximum absolute atomic E-state index is 6.04. The predicted octanol–water partition coefficient (Wildman–Crippen LogP) is 6.02. The number of hydrogen-bond donors (Lipinski definition) is 0. The van der Waals surface area contributed by atoms with Crippen LogP contribution in [0, 0.1) is 17.8 Å². The topological polar surface area (TPSA) is 55.4 Å². The molecule has 0 unspecified atom stereocenters. The molecule has 0 aliphatic heterocycles. The van der Waals surface area contributed by atoms with Crippen LogP contribution in [0.2, 0.25) is 12.1 Å². The van der Waals surface area contributed by atoms with Crippen molar-refractivity contribution in [2.45, 2.75) is 88.2 Å². The van der Waals surface area contributed by atoms with Crippen LogP contribution in [0.25, 0.3) is 0 Å². The van der Waals surface area contributed by atoms with E-state index in [1.807, 2.05) is 27.7 Å². The summed E-state index contributed by atoms with van der Waals surface area (Å²) >= 11 is 0. The summed E-state index contributed by atoms with van der Waals surface area (Å²) in [5.41, 5.74) is 0. The van der Waals surface area contributed by atoms with Gasteiger partial charge in [0.2, 0.25) is 0 Å². The molecule has 0 aliphatic carbocycles. The van der Waals surface area contributed by atoms with E-state index in [1.165, 1.54) is 0 Å². The van der Waals surface area contributed by atoms with Crippen LogP contribution in [-0.2, 0) is 26.6 Å². The molecule has 0 atom stereocenters. The fraction of sp³-hybridized carbons (Fsp3) is 1.00. The molecule has 0 saturated carbocycles. The van der Waals surface area contributed by atoms with E-state index < -0.39 is 17.6 Å². The van der Waals surface area contributed by atoms with Crippen LogP contribution < -0.4 is 0 Å². The zero-order valence-corrected chi connectivity index (χ0v) is 23.8. The zero-order valence-electron chi connectivity index (χ0n) is 21.8. The van der Waals surface area contributed by atoms with Crippen LogP contribution in [0.15, 0.2) is 0 Å². The minimum absolute atomic E-state index is 0.508. The second-order valence-corrected chi connectivity index (χ2v) is 14.4. The second kappa shape index (κ2) is 18.7. The van der Waals surface area contributed by atoms with Gasteiger partial charge in [-0.1, -0.05) is 55.4 Å². The smallest absolute Gasteiger partial charge is 0.374 e. The summed E-state index contributed by atoms with van der Waals surface area (Å²) in [6.07, 6.45) is 0. The molecule has 184 valence electrons. The van der Waals surface area contributed by atoms with Gasteiger partial charge in [-0.25, -0.2) is 0 Å². The molecule has 8 heteroatoms. The first kappa shape index (κ1) is 32.4. The Morgan fingerprint density at radius 1 is 0.433 bits per heavy atom. The Hall–Kier alpha value is 0.194. The molecule has 0 spiro atoms. The second-order valence-electron chi connectivity index (χ2n) is 8.49. The average molecular weight is 469 g/mol. The fourth-order valence-corrected chi connectivity index (χ4v) is 7.21. The summed E-state index contributed by atoms with van der Waals surface area (Å²) in [5, 5.41) is 0. The summed E-state index contributed by atoms with van der Waals surface area (Å²) in [5.74, 6) is 1.52. The quantitative estimate of drug-likeness (QED) is 0.243. The lowest BCUT2D eigenvalue weighted by molar-refractivity contribution is 0.0378. The molecule has 0 fully saturated rings. The minimum atomic E-state index is -2.46. The Kier molecular flexibility index (Phi) is 20.2. The van der Waals surface area contributed by atoms with Crippen molar-refractivity contribution in [1.29, 1.82) is 0 Å². The van der Waals surface area contributed by atoms with E-state index in [9.17, 15) is 0 Å². The predicted molar refractivity (Wildman–Crippen MR) is 130 cm³/mol. The maximum Gasteiger partial charge on any atom is 0.500 e. The monoisotopic (exact) mass is 468 g/mol. The Morgan fingerprint density at radius 2 is 0.667 bits per heavy atom. The van der Waals surface area contributed by atoms with Gasteiger partial charge >= 0.3 is 17.6 Å². The van der Waals surface area contributed by atoms with Gasteiger partial charge in [-0.15, -0.1) is 0 Å². The summed E-state index contributed by atoms with van der Waals surface area (Å²) in [4.78, 5) is 0. The van der Waals surface area contributed by atoms with Gasteiger partial charge in [-0.05, 0) is 38.5 Å². The summed E-state index contributed by atoms with van der Waals surface area (Å²) in [6, 6.07) is 1.70. The van der Waals surface area contributed by atoms with E-state index in [2.05, 4.69) is 48.5 Å². The summed E-state index contributed by atoms with van der Waals surface area (Å²) in [6.45, 7) is 27.1. The Labute approximate surface area is 190 Å². The standard InChI is InChI=1S/C14H32O3Si.C8H20O3Si/c1-8-18(15-9-12(2)3,16-10-13(4)5)17-11-14(6)7;1-5-9-12(8-4,10-6-2)11-7-3/h12-14H,8-11H2,1-7H3;5-8H2,1-4H3. The van der Waals surface area contributed by atoms with E-state index in [0.717, 1.165) is 31.9 Å². The van der Waals surface area contributed by atoms with Crippen molar-refractivity contribution < 1.29 is 26.6 Å². The van der Waals surface area contributed by atoms with Gasteiger partial charge in [-0.2, -0.15) is 0 Å². The zero-order chi connectivity index (χ0) is 23.6. The molecule has 0 heterocycles. The van der Waals surface area contributed by atoms with Crippen molar-refractivity contribution in [3.05, 3.63) is 0 Å². The van der Waals surface area contributed by atoms with Gasteiger partial charge in [0.15, 0.2) is 0 Å². The van der Waals surface area contributed by atoms with Crippen molar-refractivity contribution in [2.75, 3.05) is 39.6 Å². The van der Waals surface area contributed by atoms with E-state index >= 15 is 0 Å². The van der Waals surface area contributed by atoms with Gasteiger partial charge in [-0.3, -0.25) is 0 Å². The van der Waals surface area contributed by atoms with Crippen LogP contribution >= 0.6 is 0 Å². The van der Waals surface area contributed by atoms with E-state index in [4.69, 9.17) is 26.6 Å². The Morgan fingerprint density at radius 3 is 0.833 bits per heavy atom. The van der Waals surface area contributed by atoms with Crippen molar-refractivity contribution in [2.24, 2.45) is 17.8 Å². The van der Waals surface area contributed by atoms with Gasteiger partial charge in [0.1, 0.15) is 0 Å². The van der Waals surface area contributed by atoms with Crippen molar-refractivity contribution in [3.63, 3.8) is 0 Å². The molecule has 0 rings (SSSR count).